The van der Waals surface area contributed by atoms with Crippen LogP contribution in [0.3, 0.4) is 0 Å². The van der Waals surface area contributed by atoms with E-state index in [1.54, 1.807) is 6.92 Å². The number of hydrogen-bond donors (Lipinski definition) is 0. The predicted molar refractivity (Wildman–Crippen MR) is 49.6 cm³/mol. The minimum Gasteiger partial charge on any atom is -0.478 e. The van der Waals surface area contributed by atoms with Gasteiger partial charge >= 0.3 is 5.97 Å². The Morgan fingerprint density at radius 1 is 1.43 bits per heavy atom. The summed E-state index contributed by atoms with van der Waals surface area (Å²) in [5, 5.41) is 0.0598. The summed E-state index contributed by atoms with van der Waals surface area (Å²) in [6, 6.07) is 0. The first-order valence-corrected chi connectivity index (χ1v) is 4.19. The standard InChI is InChI=1S/C8H9ClN2O3/c1-4-10-7(9)6(14-5(2)12)8(11-4)13-3/h1-3H3. The van der Waals surface area contributed by atoms with Crippen LogP contribution in [-0.2, 0) is 4.79 Å². The number of rotatable bonds is 2. The summed E-state index contributed by atoms with van der Waals surface area (Å²) in [7, 11) is 1.41. The van der Waals surface area contributed by atoms with E-state index in [2.05, 4.69) is 9.97 Å². The van der Waals surface area contributed by atoms with Crippen molar-refractivity contribution in [1.82, 2.24) is 9.97 Å². The summed E-state index contributed by atoms with van der Waals surface area (Å²) in [5.41, 5.74) is 0. The molecule has 1 aromatic heterocycles. The minimum absolute atomic E-state index is 0.0484. The second-order valence-corrected chi connectivity index (χ2v) is 2.85. The van der Waals surface area contributed by atoms with Gasteiger partial charge in [-0.1, -0.05) is 11.6 Å². The molecule has 0 aliphatic rings. The van der Waals surface area contributed by atoms with Gasteiger partial charge in [0.05, 0.1) is 7.11 Å². The molecule has 0 saturated carbocycles. The molecule has 0 fully saturated rings. The number of esters is 1. The van der Waals surface area contributed by atoms with E-state index in [4.69, 9.17) is 21.1 Å². The van der Waals surface area contributed by atoms with Crippen molar-refractivity contribution in [2.45, 2.75) is 13.8 Å². The average molecular weight is 217 g/mol. The van der Waals surface area contributed by atoms with Crippen LogP contribution in [0.4, 0.5) is 0 Å². The van der Waals surface area contributed by atoms with Crippen LogP contribution < -0.4 is 9.47 Å². The summed E-state index contributed by atoms with van der Waals surface area (Å²) in [4.78, 5) is 18.5. The number of hydrogen-bond acceptors (Lipinski definition) is 5. The number of carbonyl (C=O) groups excluding carboxylic acids is 1. The van der Waals surface area contributed by atoms with Gasteiger partial charge in [-0.15, -0.1) is 0 Å². The largest absolute Gasteiger partial charge is 0.478 e. The predicted octanol–water partition coefficient (Wildman–Crippen LogP) is 1.37. The summed E-state index contributed by atoms with van der Waals surface area (Å²) in [6.07, 6.45) is 0. The van der Waals surface area contributed by atoms with E-state index in [-0.39, 0.29) is 16.8 Å². The lowest BCUT2D eigenvalue weighted by Gasteiger charge is -2.08. The molecule has 0 bridgehead atoms. The Labute approximate surface area is 86.0 Å². The van der Waals surface area contributed by atoms with Crippen molar-refractivity contribution in [1.29, 1.82) is 0 Å². The fourth-order valence-corrected chi connectivity index (χ4v) is 1.11. The highest BCUT2D eigenvalue weighted by Gasteiger charge is 2.15. The third-order valence-electron chi connectivity index (χ3n) is 1.34. The number of aromatic nitrogens is 2. The molecule has 0 N–H and O–H groups in total. The Morgan fingerprint density at radius 2 is 2.07 bits per heavy atom. The van der Waals surface area contributed by atoms with Crippen molar-refractivity contribution in [3.05, 3.63) is 11.0 Å². The molecule has 0 radical (unpaired) electrons. The Bertz CT molecular complexity index is 368. The third-order valence-corrected chi connectivity index (χ3v) is 1.60. The summed E-state index contributed by atoms with van der Waals surface area (Å²) in [5.74, 6) is 0.144. The van der Waals surface area contributed by atoms with E-state index in [0.717, 1.165) is 0 Å². The van der Waals surface area contributed by atoms with Crippen LogP contribution >= 0.6 is 11.6 Å². The second-order valence-electron chi connectivity index (χ2n) is 2.49. The van der Waals surface area contributed by atoms with Crippen molar-refractivity contribution in [3.8, 4) is 11.6 Å². The van der Waals surface area contributed by atoms with E-state index < -0.39 is 5.97 Å². The number of aryl methyl sites for hydroxylation is 1. The van der Waals surface area contributed by atoms with Gasteiger partial charge in [0.15, 0.2) is 5.15 Å². The van der Waals surface area contributed by atoms with E-state index in [1.807, 2.05) is 0 Å². The maximum absolute atomic E-state index is 10.7. The normalized spacial score (nSPS) is 9.71. The molecule has 1 aromatic rings. The number of methoxy groups -OCH3 is 1. The number of halogens is 1. The van der Waals surface area contributed by atoms with Crippen LogP contribution in [0.2, 0.25) is 5.15 Å². The van der Waals surface area contributed by atoms with Crippen LogP contribution in [0.15, 0.2) is 0 Å². The summed E-state index contributed by atoms with van der Waals surface area (Å²) >= 11 is 5.75. The Morgan fingerprint density at radius 3 is 2.57 bits per heavy atom. The molecule has 0 spiro atoms. The Balaban J connectivity index is 3.18. The Kier molecular flexibility index (Phi) is 3.24. The van der Waals surface area contributed by atoms with Crippen molar-refractivity contribution in [2.24, 2.45) is 0 Å². The van der Waals surface area contributed by atoms with Crippen molar-refractivity contribution in [3.63, 3.8) is 0 Å². The van der Waals surface area contributed by atoms with Crippen LogP contribution in [0.5, 0.6) is 11.6 Å². The fraction of sp³-hybridized carbons (Fsp3) is 0.375. The molecule has 0 aliphatic carbocycles. The molecule has 0 saturated heterocycles. The van der Waals surface area contributed by atoms with Crippen molar-refractivity contribution in [2.75, 3.05) is 7.11 Å². The molecule has 76 valence electrons. The maximum Gasteiger partial charge on any atom is 0.308 e. The molecule has 0 amide bonds. The van der Waals surface area contributed by atoms with Crippen LogP contribution in [-0.4, -0.2) is 23.0 Å². The van der Waals surface area contributed by atoms with E-state index in [9.17, 15) is 4.79 Å². The van der Waals surface area contributed by atoms with Gasteiger partial charge < -0.3 is 9.47 Å². The molecule has 14 heavy (non-hydrogen) atoms. The number of ether oxygens (including phenoxy) is 2. The zero-order valence-electron chi connectivity index (χ0n) is 8.00. The second kappa shape index (κ2) is 4.23. The highest BCUT2D eigenvalue weighted by Crippen LogP contribution is 2.31. The van der Waals surface area contributed by atoms with Gasteiger partial charge in [-0.2, -0.15) is 4.98 Å². The van der Waals surface area contributed by atoms with Gasteiger partial charge in [-0.3, -0.25) is 4.79 Å². The Hall–Kier alpha value is -1.36. The third kappa shape index (κ3) is 2.32. The van der Waals surface area contributed by atoms with Crippen LogP contribution in [0.25, 0.3) is 0 Å². The molecule has 1 rings (SSSR count). The number of nitrogens with zero attached hydrogens (tertiary/aromatic N) is 2. The lowest BCUT2D eigenvalue weighted by Crippen LogP contribution is -2.06. The highest BCUT2D eigenvalue weighted by molar-refractivity contribution is 6.31. The molecule has 5 nitrogen and oxygen atoms in total. The number of carbonyl (C=O) groups is 1. The highest BCUT2D eigenvalue weighted by atomic mass is 35.5. The smallest absolute Gasteiger partial charge is 0.308 e. The molecule has 0 aromatic carbocycles. The summed E-state index contributed by atoms with van der Waals surface area (Å²) in [6.45, 7) is 2.92. The van der Waals surface area contributed by atoms with Gasteiger partial charge in [0, 0.05) is 6.92 Å². The quantitative estimate of drug-likeness (QED) is 0.552. The van der Waals surface area contributed by atoms with Gasteiger partial charge in [0.1, 0.15) is 5.82 Å². The summed E-state index contributed by atoms with van der Waals surface area (Å²) < 4.78 is 9.70. The maximum atomic E-state index is 10.7. The average Bonchev–Trinajstić information content (AvgIpc) is 2.08. The molecule has 0 aliphatic heterocycles. The van der Waals surface area contributed by atoms with Gasteiger partial charge in [0.2, 0.25) is 5.75 Å². The first kappa shape index (κ1) is 10.7. The topological polar surface area (TPSA) is 61.3 Å². The first-order valence-electron chi connectivity index (χ1n) is 3.81. The molecule has 1 heterocycles. The molecule has 0 atom stereocenters. The lowest BCUT2D eigenvalue weighted by atomic mass is 10.5. The zero-order valence-corrected chi connectivity index (χ0v) is 8.75. The zero-order chi connectivity index (χ0) is 10.7. The molecular weight excluding hydrogens is 208 g/mol. The van der Waals surface area contributed by atoms with Crippen LogP contribution in [0, 0.1) is 6.92 Å². The van der Waals surface area contributed by atoms with E-state index in [0.29, 0.717) is 5.82 Å². The van der Waals surface area contributed by atoms with Crippen LogP contribution in [0.1, 0.15) is 12.7 Å². The molecule has 6 heteroatoms. The van der Waals surface area contributed by atoms with Crippen molar-refractivity contribution < 1.29 is 14.3 Å². The SMILES string of the molecule is COc1nc(C)nc(Cl)c1OC(C)=O. The van der Waals surface area contributed by atoms with Gasteiger partial charge in [0.25, 0.3) is 5.88 Å². The lowest BCUT2D eigenvalue weighted by molar-refractivity contribution is -0.132. The van der Waals surface area contributed by atoms with Crippen molar-refractivity contribution >= 4 is 17.6 Å². The van der Waals surface area contributed by atoms with Gasteiger partial charge in [-0.25, -0.2) is 4.98 Å². The minimum atomic E-state index is -0.502. The van der Waals surface area contributed by atoms with E-state index in [1.165, 1.54) is 14.0 Å². The first-order chi connectivity index (χ1) is 6.54. The monoisotopic (exact) mass is 216 g/mol. The molecule has 0 unspecified atom stereocenters. The van der Waals surface area contributed by atoms with Gasteiger partial charge in [-0.05, 0) is 6.92 Å². The molecular formula is C8H9ClN2O3. The van der Waals surface area contributed by atoms with E-state index >= 15 is 0 Å². The fourth-order valence-electron chi connectivity index (χ4n) is 0.872.